The van der Waals surface area contributed by atoms with Crippen LogP contribution in [0.15, 0.2) is 48.5 Å². The van der Waals surface area contributed by atoms with E-state index in [4.69, 9.17) is 4.98 Å². The van der Waals surface area contributed by atoms with E-state index < -0.39 is 0 Å². The van der Waals surface area contributed by atoms with Crippen molar-refractivity contribution in [3.05, 3.63) is 59.0 Å². The molecule has 3 heterocycles. The van der Waals surface area contributed by atoms with Crippen LogP contribution in [0.25, 0.3) is 21.1 Å². The van der Waals surface area contributed by atoms with Gasteiger partial charge in [-0.3, -0.25) is 4.79 Å². The van der Waals surface area contributed by atoms with E-state index in [0.717, 1.165) is 87.4 Å². The molecule has 1 aliphatic rings. The van der Waals surface area contributed by atoms with Crippen LogP contribution >= 0.6 is 11.3 Å². The number of thiophene rings is 1. The number of carbonyl (C=O) groups excluding carboxylic acids is 1. The van der Waals surface area contributed by atoms with Gasteiger partial charge in [-0.2, -0.15) is 0 Å². The molecule has 0 atom stereocenters. The molecule has 0 unspecified atom stereocenters. The van der Waals surface area contributed by atoms with Gasteiger partial charge in [0.15, 0.2) is 0 Å². The fourth-order valence-electron chi connectivity index (χ4n) is 5.74. The van der Waals surface area contributed by atoms with Gasteiger partial charge in [0.25, 0.3) is 5.91 Å². The molecule has 1 saturated heterocycles. The maximum atomic E-state index is 13.6. The number of likely N-dealkylation sites (tertiary alicyclic amines) is 1. The minimum atomic E-state index is 0.143. The molecule has 0 bridgehead atoms. The predicted molar refractivity (Wildman–Crippen MR) is 170 cm³/mol. The van der Waals surface area contributed by atoms with E-state index >= 15 is 0 Å². The molecule has 40 heavy (non-hydrogen) atoms. The topological polar surface area (TPSA) is 53.4 Å². The van der Waals surface area contributed by atoms with Crippen molar-refractivity contribution in [3.63, 3.8) is 0 Å². The summed E-state index contributed by atoms with van der Waals surface area (Å²) in [6.07, 6.45) is 9.32. The number of hydrogen-bond donors (Lipinski definition) is 1. The monoisotopic (exact) mass is 559 g/mol. The molecule has 214 valence electrons. The second-order valence-electron chi connectivity index (χ2n) is 11.1. The lowest BCUT2D eigenvalue weighted by Crippen LogP contribution is -2.33. The van der Waals surface area contributed by atoms with Crippen molar-refractivity contribution < 1.29 is 4.79 Å². The van der Waals surface area contributed by atoms with Crippen LogP contribution < -0.4 is 5.32 Å². The number of anilines is 1. The second kappa shape index (κ2) is 14.1. The number of aryl methyl sites for hydroxylation is 1. The fourth-order valence-corrected chi connectivity index (χ4v) is 6.74. The molecular weight excluding hydrogens is 514 g/mol. The zero-order valence-corrected chi connectivity index (χ0v) is 25.1. The van der Waals surface area contributed by atoms with Crippen LogP contribution in [-0.2, 0) is 13.1 Å². The Morgan fingerprint density at radius 1 is 0.950 bits per heavy atom. The molecule has 2 aromatic heterocycles. The van der Waals surface area contributed by atoms with Gasteiger partial charge in [-0.25, -0.2) is 4.98 Å². The van der Waals surface area contributed by atoms with Crippen molar-refractivity contribution in [2.24, 2.45) is 0 Å². The number of piperidine rings is 1. The fraction of sp³-hybridized carbons (Fsp3) is 0.515. The van der Waals surface area contributed by atoms with Gasteiger partial charge in [-0.15, -0.1) is 11.3 Å². The molecule has 6 nitrogen and oxygen atoms in total. The van der Waals surface area contributed by atoms with Gasteiger partial charge in [-0.05, 0) is 87.5 Å². The number of hydrogen-bond acceptors (Lipinski definition) is 5. The van der Waals surface area contributed by atoms with Crippen LogP contribution in [0.5, 0.6) is 0 Å². The highest BCUT2D eigenvalue weighted by Gasteiger charge is 2.19. The summed E-state index contributed by atoms with van der Waals surface area (Å²) in [4.78, 5) is 24.6. The molecular formula is C33H45N5OS. The standard InChI is InChI=1S/C33H45N5OS/c1-3-5-20-37(21-6-4-2)32(39)27-15-16-29-30(24-27)38(22-12-19-36-17-10-7-11-18-36)33(35-29)34-25-28-23-26-13-8-9-14-31(26)40-28/h8-9,13-16,23-24H,3-7,10-12,17-22,25H2,1-2H3,(H,34,35). The Bertz CT molecular complexity index is 1350. The number of aromatic nitrogens is 2. The number of imidazole rings is 1. The van der Waals surface area contributed by atoms with Crippen molar-refractivity contribution in [1.82, 2.24) is 19.4 Å². The largest absolute Gasteiger partial charge is 0.351 e. The lowest BCUT2D eigenvalue weighted by Gasteiger charge is -2.26. The summed E-state index contributed by atoms with van der Waals surface area (Å²) in [5, 5.41) is 4.94. The maximum absolute atomic E-state index is 13.6. The van der Waals surface area contributed by atoms with E-state index in [1.807, 2.05) is 28.4 Å². The Balaban J connectivity index is 1.39. The van der Waals surface area contributed by atoms with E-state index in [2.05, 4.69) is 65.0 Å². The summed E-state index contributed by atoms with van der Waals surface area (Å²) in [6.45, 7) is 11.2. The number of nitrogens with one attached hydrogen (secondary N) is 1. The molecule has 0 spiro atoms. The molecule has 0 aliphatic carbocycles. The Labute approximate surface area is 243 Å². The first-order valence-electron chi connectivity index (χ1n) is 15.4. The van der Waals surface area contributed by atoms with Gasteiger partial charge < -0.3 is 19.7 Å². The van der Waals surface area contributed by atoms with Crippen LogP contribution in [0, 0.1) is 0 Å². The molecule has 1 N–H and O–H groups in total. The molecule has 1 aliphatic heterocycles. The smallest absolute Gasteiger partial charge is 0.253 e. The SMILES string of the molecule is CCCCN(CCCC)C(=O)c1ccc2nc(NCc3cc4ccccc4s3)n(CCCN3CCCCC3)c2c1. The van der Waals surface area contributed by atoms with Crippen LogP contribution in [0.2, 0.25) is 0 Å². The Morgan fingerprint density at radius 3 is 2.48 bits per heavy atom. The molecule has 0 saturated carbocycles. The normalized spacial score (nSPS) is 14.2. The Kier molecular flexibility index (Phi) is 10.1. The lowest BCUT2D eigenvalue weighted by molar-refractivity contribution is 0.0751. The summed E-state index contributed by atoms with van der Waals surface area (Å²) >= 11 is 1.83. The minimum absolute atomic E-state index is 0.143. The molecule has 7 heteroatoms. The molecule has 5 rings (SSSR count). The van der Waals surface area contributed by atoms with Crippen LogP contribution in [0.4, 0.5) is 5.95 Å². The number of amides is 1. The third-order valence-corrected chi connectivity index (χ3v) is 9.16. The second-order valence-corrected chi connectivity index (χ2v) is 12.3. The zero-order valence-electron chi connectivity index (χ0n) is 24.3. The molecule has 4 aromatic rings. The van der Waals surface area contributed by atoms with E-state index in [1.54, 1.807) is 0 Å². The number of carbonyl (C=O) groups is 1. The summed E-state index contributed by atoms with van der Waals surface area (Å²) < 4.78 is 3.62. The summed E-state index contributed by atoms with van der Waals surface area (Å²) in [5.41, 5.74) is 2.77. The van der Waals surface area contributed by atoms with Crippen LogP contribution in [0.1, 0.15) is 80.4 Å². The predicted octanol–water partition coefficient (Wildman–Crippen LogP) is 7.78. The number of unbranched alkanes of at least 4 members (excludes halogenated alkanes) is 2. The average Bonchev–Trinajstić information content (AvgIpc) is 3.57. The van der Waals surface area contributed by atoms with E-state index in [1.165, 1.54) is 47.3 Å². The molecule has 0 radical (unpaired) electrons. The van der Waals surface area contributed by atoms with Crippen molar-refractivity contribution >= 4 is 44.3 Å². The van der Waals surface area contributed by atoms with Gasteiger partial charge in [0.05, 0.1) is 17.6 Å². The number of fused-ring (bicyclic) bond motifs is 2. The maximum Gasteiger partial charge on any atom is 0.253 e. The van der Waals surface area contributed by atoms with Crippen LogP contribution in [-0.4, -0.2) is 58.0 Å². The average molecular weight is 560 g/mol. The number of nitrogens with zero attached hydrogens (tertiary/aromatic N) is 4. The molecule has 1 amide bonds. The summed E-state index contributed by atoms with van der Waals surface area (Å²) in [7, 11) is 0. The highest BCUT2D eigenvalue weighted by molar-refractivity contribution is 7.19. The first kappa shape index (κ1) is 28.6. The van der Waals surface area contributed by atoms with Gasteiger partial charge in [0.1, 0.15) is 0 Å². The van der Waals surface area contributed by atoms with Crippen molar-refractivity contribution in [3.8, 4) is 0 Å². The summed E-state index contributed by atoms with van der Waals surface area (Å²) in [6, 6.07) is 16.9. The van der Waals surface area contributed by atoms with Crippen molar-refractivity contribution in [2.75, 3.05) is 38.0 Å². The first-order valence-corrected chi connectivity index (χ1v) is 16.2. The summed E-state index contributed by atoms with van der Waals surface area (Å²) in [5.74, 6) is 1.04. The third-order valence-electron chi connectivity index (χ3n) is 8.05. The highest BCUT2D eigenvalue weighted by atomic mass is 32.1. The highest BCUT2D eigenvalue weighted by Crippen LogP contribution is 2.27. The van der Waals surface area contributed by atoms with Gasteiger partial charge in [-0.1, -0.05) is 51.3 Å². The third kappa shape index (κ3) is 7.05. The first-order chi connectivity index (χ1) is 19.7. The zero-order chi connectivity index (χ0) is 27.7. The van der Waals surface area contributed by atoms with Gasteiger partial charge in [0.2, 0.25) is 5.95 Å². The van der Waals surface area contributed by atoms with Gasteiger partial charge in [0, 0.05) is 34.8 Å². The Hall–Kier alpha value is -2.90. The van der Waals surface area contributed by atoms with Crippen molar-refractivity contribution in [1.29, 1.82) is 0 Å². The number of benzene rings is 2. The van der Waals surface area contributed by atoms with Crippen molar-refractivity contribution in [2.45, 2.75) is 78.3 Å². The molecule has 2 aromatic carbocycles. The van der Waals surface area contributed by atoms with E-state index in [9.17, 15) is 4.79 Å². The van der Waals surface area contributed by atoms with E-state index in [-0.39, 0.29) is 5.91 Å². The Morgan fingerprint density at radius 2 is 1.73 bits per heavy atom. The number of rotatable bonds is 14. The van der Waals surface area contributed by atoms with Crippen LogP contribution in [0.3, 0.4) is 0 Å². The van der Waals surface area contributed by atoms with Gasteiger partial charge >= 0.3 is 0 Å². The lowest BCUT2D eigenvalue weighted by atomic mass is 10.1. The van der Waals surface area contributed by atoms with E-state index in [0.29, 0.717) is 0 Å². The molecule has 1 fully saturated rings. The quantitative estimate of drug-likeness (QED) is 0.171. The minimum Gasteiger partial charge on any atom is -0.351 e.